The Kier molecular flexibility index (Phi) is 6.52. The molecule has 1 fully saturated rings. The molecule has 0 unspecified atom stereocenters. The maximum atomic E-state index is 13.5. The van der Waals surface area contributed by atoms with E-state index < -0.39 is 16.0 Å². The SMILES string of the molecule is O=C(O)c1ccc(S(=O)(=O)N2CCC(Nc3nccc(-c4c(-c5ccc(F)cc5)nc5occn45)n3)CC2)cc1. The molecule has 1 aliphatic rings. The van der Waals surface area contributed by atoms with Gasteiger partial charge in [-0.3, -0.25) is 4.40 Å². The first-order valence-electron chi connectivity index (χ1n) is 12.4. The van der Waals surface area contributed by atoms with Crippen LogP contribution in [-0.4, -0.2) is 62.3 Å². The van der Waals surface area contributed by atoms with Crippen LogP contribution in [0.3, 0.4) is 0 Å². The summed E-state index contributed by atoms with van der Waals surface area (Å²) in [6.45, 7) is 0.570. The van der Waals surface area contributed by atoms with Crippen LogP contribution in [0.2, 0.25) is 0 Å². The van der Waals surface area contributed by atoms with Gasteiger partial charge >= 0.3 is 11.8 Å². The molecular weight excluding hydrogens is 539 g/mol. The molecule has 6 rings (SSSR count). The minimum absolute atomic E-state index is 0.0262. The number of benzene rings is 2. The third kappa shape index (κ3) is 4.80. The molecule has 0 atom stereocenters. The van der Waals surface area contributed by atoms with Gasteiger partial charge in [0.25, 0.3) is 0 Å². The lowest BCUT2D eigenvalue weighted by Crippen LogP contribution is -2.42. The molecular formula is C27H23FN6O5S. The number of anilines is 1. The van der Waals surface area contributed by atoms with Crippen molar-refractivity contribution in [2.75, 3.05) is 18.4 Å². The first-order chi connectivity index (χ1) is 19.3. The van der Waals surface area contributed by atoms with Gasteiger partial charge in [0.2, 0.25) is 16.0 Å². The monoisotopic (exact) mass is 562 g/mol. The number of fused-ring (bicyclic) bond motifs is 1. The number of hydrogen-bond donors (Lipinski definition) is 2. The Balaban J connectivity index is 1.19. The predicted molar refractivity (Wildman–Crippen MR) is 143 cm³/mol. The van der Waals surface area contributed by atoms with E-state index in [-0.39, 0.29) is 35.4 Å². The molecule has 0 radical (unpaired) electrons. The summed E-state index contributed by atoms with van der Waals surface area (Å²) >= 11 is 0. The molecule has 2 N–H and O–H groups in total. The van der Waals surface area contributed by atoms with Gasteiger partial charge in [0.15, 0.2) is 0 Å². The summed E-state index contributed by atoms with van der Waals surface area (Å²) in [6.07, 6.45) is 5.92. The Labute approximate surface area is 228 Å². The summed E-state index contributed by atoms with van der Waals surface area (Å²) in [4.78, 5) is 24.8. The van der Waals surface area contributed by atoms with Gasteiger partial charge in [0.1, 0.15) is 23.5 Å². The number of carboxylic acid groups (broad SMARTS) is 1. The maximum Gasteiger partial charge on any atom is 0.335 e. The van der Waals surface area contributed by atoms with E-state index in [2.05, 4.69) is 15.3 Å². The van der Waals surface area contributed by atoms with Gasteiger partial charge in [-0.2, -0.15) is 9.29 Å². The number of carboxylic acids is 1. The summed E-state index contributed by atoms with van der Waals surface area (Å²) in [5.41, 5.74) is 2.55. The number of oxazole rings is 1. The summed E-state index contributed by atoms with van der Waals surface area (Å²) in [6, 6.07) is 12.9. The highest BCUT2D eigenvalue weighted by atomic mass is 32.2. The molecule has 4 heterocycles. The van der Waals surface area contributed by atoms with Crippen LogP contribution in [0.15, 0.2) is 82.6 Å². The first kappa shape index (κ1) is 25.6. The number of hydrogen-bond acceptors (Lipinski definition) is 8. The van der Waals surface area contributed by atoms with E-state index >= 15 is 0 Å². The minimum atomic E-state index is -3.75. The molecule has 3 aromatic heterocycles. The van der Waals surface area contributed by atoms with Crippen molar-refractivity contribution >= 4 is 27.8 Å². The maximum absolute atomic E-state index is 13.5. The molecule has 0 amide bonds. The fourth-order valence-corrected chi connectivity index (χ4v) is 6.21. The number of piperidine rings is 1. The third-order valence-corrected chi connectivity index (χ3v) is 8.72. The van der Waals surface area contributed by atoms with Gasteiger partial charge in [-0.25, -0.2) is 27.6 Å². The largest absolute Gasteiger partial charge is 0.478 e. The number of halogens is 1. The summed E-state index contributed by atoms with van der Waals surface area (Å²) < 4.78 is 48.3. The van der Waals surface area contributed by atoms with Gasteiger partial charge in [0, 0.05) is 37.1 Å². The lowest BCUT2D eigenvalue weighted by atomic mass is 10.1. The van der Waals surface area contributed by atoms with Gasteiger partial charge in [-0.05, 0) is 67.4 Å². The van der Waals surface area contributed by atoms with E-state index in [1.54, 1.807) is 35.0 Å². The standard InChI is InChI=1S/C27H23FN6O5S/c28-19-5-1-17(2-6-19)23-24(34-15-16-39-27(34)32-23)22-9-12-29-26(31-22)30-20-10-13-33(14-11-20)40(37,38)21-7-3-18(4-8-21)25(35)36/h1-9,12,15-16,20H,10-11,13-14H2,(H,35,36)(H,29,30,31). The fourth-order valence-electron chi connectivity index (χ4n) is 4.74. The topological polar surface area (TPSA) is 143 Å². The highest BCUT2D eigenvalue weighted by Crippen LogP contribution is 2.33. The van der Waals surface area contributed by atoms with Crippen molar-refractivity contribution in [2.24, 2.45) is 0 Å². The zero-order chi connectivity index (χ0) is 27.9. The van der Waals surface area contributed by atoms with Crippen molar-refractivity contribution < 1.29 is 27.1 Å². The molecule has 204 valence electrons. The van der Waals surface area contributed by atoms with Crippen LogP contribution in [-0.2, 0) is 10.0 Å². The van der Waals surface area contributed by atoms with Crippen molar-refractivity contribution in [2.45, 2.75) is 23.8 Å². The quantitative estimate of drug-likeness (QED) is 0.299. The van der Waals surface area contributed by atoms with Crippen LogP contribution in [0.1, 0.15) is 23.2 Å². The Bertz CT molecular complexity index is 1790. The summed E-state index contributed by atoms with van der Waals surface area (Å²) in [5.74, 6) is -0.715. The Hall–Kier alpha value is -4.62. The molecule has 0 saturated carbocycles. The van der Waals surface area contributed by atoms with Crippen LogP contribution in [0.4, 0.5) is 10.3 Å². The van der Waals surface area contributed by atoms with Gasteiger partial charge < -0.3 is 14.8 Å². The zero-order valence-electron chi connectivity index (χ0n) is 20.9. The second kappa shape index (κ2) is 10.2. The Morgan fingerprint density at radius 1 is 1.02 bits per heavy atom. The average molecular weight is 563 g/mol. The molecule has 0 aliphatic carbocycles. The van der Waals surface area contributed by atoms with E-state index in [1.165, 1.54) is 47.0 Å². The van der Waals surface area contributed by atoms with Crippen LogP contribution in [0.5, 0.6) is 0 Å². The van der Waals surface area contributed by atoms with E-state index in [0.717, 1.165) is 0 Å². The molecule has 0 bridgehead atoms. The van der Waals surface area contributed by atoms with E-state index in [9.17, 15) is 17.6 Å². The Morgan fingerprint density at radius 2 is 1.75 bits per heavy atom. The van der Waals surface area contributed by atoms with E-state index in [0.29, 0.717) is 47.3 Å². The number of imidazole rings is 1. The fraction of sp³-hybridized carbons (Fsp3) is 0.185. The number of rotatable bonds is 7. The molecule has 40 heavy (non-hydrogen) atoms. The second-order valence-corrected chi connectivity index (χ2v) is 11.2. The lowest BCUT2D eigenvalue weighted by molar-refractivity contribution is 0.0696. The van der Waals surface area contributed by atoms with Gasteiger partial charge in [-0.15, -0.1) is 0 Å². The van der Waals surface area contributed by atoms with E-state index in [1.807, 2.05) is 0 Å². The van der Waals surface area contributed by atoms with Crippen LogP contribution in [0, 0.1) is 5.82 Å². The summed E-state index contributed by atoms with van der Waals surface area (Å²) in [5, 5.41) is 12.4. The van der Waals surface area contributed by atoms with Crippen molar-refractivity contribution in [1.29, 1.82) is 0 Å². The third-order valence-electron chi connectivity index (χ3n) is 6.80. The van der Waals surface area contributed by atoms with Crippen LogP contribution < -0.4 is 5.32 Å². The molecule has 13 heteroatoms. The second-order valence-electron chi connectivity index (χ2n) is 9.29. The number of nitrogens with zero attached hydrogens (tertiary/aromatic N) is 5. The van der Waals surface area contributed by atoms with Gasteiger partial charge in [-0.1, -0.05) is 0 Å². The minimum Gasteiger partial charge on any atom is -0.478 e. The number of sulfonamides is 1. The highest BCUT2D eigenvalue weighted by Gasteiger charge is 2.30. The van der Waals surface area contributed by atoms with Crippen molar-refractivity contribution in [3.63, 3.8) is 0 Å². The predicted octanol–water partition coefficient (Wildman–Crippen LogP) is 4.15. The first-order valence-corrected chi connectivity index (χ1v) is 13.9. The number of carbonyl (C=O) groups is 1. The molecule has 0 spiro atoms. The average Bonchev–Trinajstić information content (AvgIpc) is 3.56. The van der Waals surface area contributed by atoms with Crippen molar-refractivity contribution in [3.05, 3.63) is 84.6 Å². The zero-order valence-corrected chi connectivity index (χ0v) is 21.8. The summed E-state index contributed by atoms with van der Waals surface area (Å²) in [7, 11) is -3.75. The normalized spacial score (nSPS) is 14.9. The smallest absolute Gasteiger partial charge is 0.335 e. The van der Waals surface area contributed by atoms with Crippen molar-refractivity contribution in [3.8, 4) is 22.6 Å². The van der Waals surface area contributed by atoms with Crippen molar-refractivity contribution in [1.82, 2.24) is 23.7 Å². The number of nitrogens with one attached hydrogen (secondary N) is 1. The van der Waals surface area contributed by atoms with Crippen LogP contribution in [0.25, 0.3) is 28.5 Å². The number of aromatic nitrogens is 4. The Morgan fingerprint density at radius 3 is 2.45 bits per heavy atom. The molecule has 1 saturated heterocycles. The molecule has 1 aliphatic heterocycles. The highest BCUT2D eigenvalue weighted by molar-refractivity contribution is 7.89. The number of aromatic carboxylic acids is 1. The molecule has 5 aromatic rings. The van der Waals surface area contributed by atoms with Gasteiger partial charge in [0.05, 0.1) is 16.2 Å². The van der Waals surface area contributed by atoms with E-state index in [4.69, 9.17) is 14.5 Å². The molecule has 11 nitrogen and oxygen atoms in total. The molecule has 2 aromatic carbocycles. The van der Waals surface area contributed by atoms with Crippen LogP contribution >= 0.6 is 0 Å². The lowest BCUT2D eigenvalue weighted by Gasteiger charge is -2.31.